The predicted molar refractivity (Wildman–Crippen MR) is 273 cm³/mol. The number of para-hydroxylation sites is 4. The molecule has 11 aromatic rings. The molecule has 0 spiro atoms. The van der Waals surface area contributed by atoms with Crippen molar-refractivity contribution in [2.24, 2.45) is 0 Å². The summed E-state index contributed by atoms with van der Waals surface area (Å²) in [6.45, 7) is 0. The van der Waals surface area contributed by atoms with Gasteiger partial charge in [0.15, 0.2) is 0 Å². The van der Waals surface area contributed by atoms with Gasteiger partial charge in [0.2, 0.25) is 0 Å². The van der Waals surface area contributed by atoms with Gasteiger partial charge in [0, 0.05) is 39.0 Å². The van der Waals surface area contributed by atoms with Crippen LogP contribution in [0.25, 0.3) is 82.4 Å². The average molecular weight is 821 g/mol. The Morgan fingerprint density at radius 3 is 1.92 bits per heavy atom. The molecule has 0 saturated heterocycles. The maximum absolute atomic E-state index is 2.48. The van der Waals surface area contributed by atoms with Gasteiger partial charge in [-0.1, -0.05) is 189 Å². The van der Waals surface area contributed by atoms with E-state index in [1.807, 2.05) is 0 Å². The van der Waals surface area contributed by atoms with E-state index in [4.69, 9.17) is 0 Å². The lowest BCUT2D eigenvalue weighted by atomic mass is 9.80. The van der Waals surface area contributed by atoms with E-state index in [1.54, 1.807) is 0 Å². The van der Waals surface area contributed by atoms with Crippen LogP contribution in [0.15, 0.2) is 224 Å². The summed E-state index contributed by atoms with van der Waals surface area (Å²) in [5, 5.41) is 7.71. The first-order valence-electron chi connectivity index (χ1n) is 23.0. The first kappa shape index (κ1) is 38.0. The monoisotopic (exact) mass is 820 g/mol. The lowest BCUT2D eigenvalue weighted by Gasteiger charge is -2.29. The first-order chi connectivity index (χ1) is 31.8. The number of hydrogen-bond acceptors (Lipinski definition) is 1. The third-order valence-electron chi connectivity index (χ3n) is 13.7. The van der Waals surface area contributed by atoms with E-state index in [1.165, 1.54) is 114 Å². The lowest BCUT2D eigenvalue weighted by molar-refractivity contribution is 0.445. The van der Waals surface area contributed by atoms with Crippen LogP contribution in [-0.2, 0) is 0 Å². The maximum atomic E-state index is 2.48. The highest BCUT2D eigenvalue weighted by Gasteiger charge is 2.24. The summed E-state index contributed by atoms with van der Waals surface area (Å²) >= 11 is 0. The normalized spacial score (nSPS) is 13.2. The first-order valence-corrected chi connectivity index (χ1v) is 23.0. The summed E-state index contributed by atoms with van der Waals surface area (Å²) in [7, 11) is 0. The highest BCUT2D eigenvalue weighted by molar-refractivity contribution is 6.14. The van der Waals surface area contributed by atoms with Crippen molar-refractivity contribution in [2.75, 3.05) is 4.90 Å². The van der Waals surface area contributed by atoms with Crippen LogP contribution >= 0.6 is 0 Å². The van der Waals surface area contributed by atoms with E-state index in [0.717, 1.165) is 22.7 Å². The number of benzene rings is 10. The molecule has 306 valence electrons. The molecule has 1 heterocycles. The summed E-state index contributed by atoms with van der Waals surface area (Å²) in [6, 6.07) is 83.1. The van der Waals surface area contributed by atoms with E-state index in [2.05, 4.69) is 234 Å². The fourth-order valence-electron chi connectivity index (χ4n) is 10.8. The van der Waals surface area contributed by atoms with E-state index in [0.29, 0.717) is 5.92 Å². The Morgan fingerprint density at radius 1 is 0.391 bits per heavy atom. The summed E-state index contributed by atoms with van der Waals surface area (Å²) in [5.41, 5.74) is 15.7. The van der Waals surface area contributed by atoms with Crippen molar-refractivity contribution in [1.29, 1.82) is 0 Å². The Labute approximate surface area is 375 Å². The molecular weight excluding hydrogens is 773 g/mol. The smallest absolute Gasteiger partial charge is 0.0619 e. The van der Waals surface area contributed by atoms with Crippen LogP contribution < -0.4 is 4.90 Å². The molecule has 0 atom stereocenters. The molecule has 1 fully saturated rings. The van der Waals surface area contributed by atoms with Gasteiger partial charge in [-0.05, 0) is 123 Å². The fourth-order valence-corrected chi connectivity index (χ4v) is 10.8. The van der Waals surface area contributed by atoms with Gasteiger partial charge in [-0.3, -0.25) is 0 Å². The minimum Gasteiger partial charge on any atom is -0.310 e. The number of rotatable bonds is 8. The van der Waals surface area contributed by atoms with Gasteiger partial charge in [-0.25, -0.2) is 0 Å². The summed E-state index contributed by atoms with van der Waals surface area (Å²) in [6.07, 6.45) is 6.46. The summed E-state index contributed by atoms with van der Waals surface area (Å²) in [5.74, 6) is 0.579. The Bertz CT molecular complexity index is 3470. The van der Waals surface area contributed by atoms with Crippen molar-refractivity contribution < 1.29 is 0 Å². The largest absolute Gasteiger partial charge is 0.310 e. The van der Waals surface area contributed by atoms with Crippen molar-refractivity contribution in [3.63, 3.8) is 0 Å². The summed E-state index contributed by atoms with van der Waals surface area (Å²) in [4.78, 5) is 2.48. The van der Waals surface area contributed by atoms with Crippen LogP contribution in [-0.4, -0.2) is 4.57 Å². The van der Waals surface area contributed by atoms with Crippen LogP contribution in [0.5, 0.6) is 0 Å². The Balaban J connectivity index is 1.06. The van der Waals surface area contributed by atoms with Gasteiger partial charge in [-0.15, -0.1) is 0 Å². The van der Waals surface area contributed by atoms with Gasteiger partial charge < -0.3 is 9.47 Å². The van der Waals surface area contributed by atoms with Crippen LogP contribution in [0.4, 0.5) is 17.1 Å². The Morgan fingerprint density at radius 2 is 1.05 bits per heavy atom. The third-order valence-corrected chi connectivity index (χ3v) is 13.7. The van der Waals surface area contributed by atoms with Crippen LogP contribution in [0.3, 0.4) is 0 Å². The molecule has 12 rings (SSSR count). The fraction of sp³-hybridized carbons (Fsp3) is 0.0968. The standard InChI is InChI=1S/C62H48N2/c1-3-18-45(19-4-1)53-29-14-21-46-22-15-31-57(61(46)53)55-27-9-11-33-59(55)63(51-39-37-44(38-40-51)48-36-35-43-17-7-8-20-47(43)41-48)52-26-13-23-49(42-52)54-30-16-32-58-56-28-10-12-34-60(56)64(62(54)58)50-24-5-2-6-25-50/h2,5-17,20-42,45H,1,3-4,18-19H2. The number of nitrogens with zero attached hydrogens (tertiary/aromatic N) is 2. The molecule has 0 bridgehead atoms. The molecule has 10 aromatic carbocycles. The third kappa shape index (κ3) is 6.66. The maximum Gasteiger partial charge on any atom is 0.0619 e. The quantitative estimate of drug-likeness (QED) is 0.148. The van der Waals surface area contributed by atoms with Crippen molar-refractivity contribution in [3.05, 3.63) is 230 Å². The zero-order chi connectivity index (χ0) is 42.4. The molecule has 0 amide bonds. The molecule has 0 unspecified atom stereocenters. The molecular formula is C62H48N2. The van der Waals surface area contributed by atoms with Gasteiger partial charge in [-0.2, -0.15) is 0 Å². The number of aromatic nitrogens is 1. The predicted octanol–water partition coefficient (Wildman–Crippen LogP) is 17.6. The minimum atomic E-state index is 0.579. The van der Waals surface area contributed by atoms with Crippen LogP contribution in [0, 0.1) is 0 Å². The number of hydrogen-bond donors (Lipinski definition) is 0. The molecule has 2 nitrogen and oxygen atoms in total. The Kier molecular flexibility index (Phi) is 9.64. The summed E-state index contributed by atoms with van der Waals surface area (Å²) < 4.78 is 2.44. The molecule has 0 N–H and O–H groups in total. The number of anilines is 3. The zero-order valence-corrected chi connectivity index (χ0v) is 35.9. The molecule has 1 aliphatic carbocycles. The van der Waals surface area contributed by atoms with Gasteiger partial charge in [0.25, 0.3) is 0 Å². The molecule has 0 radical (unpaired) electrons. The second-order valence-corrected chi connectivity index (χ2v) is 17.5. The van der Waals surface area contributed by atoms with Gasteiger partial charge in [0.05, 0.1) is 16.7 Å². The SMILES string of the molecule is c1ccc(-n2c3ccccc3c3cccc(-c4cccc(N(c5ccc(-c6ccc7ccccc7c6)cc5)c5ccccc5-c5cccc6cccc(C7CCCCC7)c56)c4)c32)cc1. The van der Waals surface area contributed by atoms with Crippen molar-refractivity contribution >= 4 is 60.4 Å². The molecule has 1 aliphatic rings. The average Bonchev–Trinajstić information content (AvgIpc) is 3.72. The minimum absolute atomic E-state index is 0.579. The van der Waals surface area contributed by atoms with Crippen LogP contribution in [0.2, 0.25) is 0 Å². The van der Waals surface area contributed by atoms with E-state index < -0.39 is 0 Å². The molecule has 64 heavy (non-hydrogen) atoms. The molecule has 1 aromatic heterocycles. The Hall–Kier alpha value is -7.68. The highest BCUT2D eigenvalue weighted by Crippen LogP contribution is 2.47. The van der Waals surface area contributed by atoms with E-state index >= 15 is 0 Å². The van der Waals surface area contributed by atoms with Crippen molar-refractivity contribution in [2.45, 2.75) is 38.0 Å². The molecule has 1 saturated carbocycles. The zero-order valence-electron chi connectivity index (χ0n) is 35.9. The van der Waals surface area contributed by atoms with E-state index in [-0.39, 0.29) is 0 Å². The van der Waals surface area contributed by atoms with Crippen molar-refractivity contribution in [1.82, 2.24) is 4.57 Å². The lowest BCUT2D eigenvalue weighted by Crippen LogP contribution is -2.11. The van der Waals surface area contributed by atoms with Crippen molar-refractivity contribution in [3.8, 4) is 39.1 Å². The topological polar surface area (TPSA) is 8.17 Å². The number of fused-ring (bicyclic) bond motifs is 5. The highest BCUT2D eigenvalue weighted by atomic mass is 15.1. The van der Waals surface area contributed by atoms with E-state index in [9.17, 15) is 0 Å². The molecule has 2 heteroatoms. The second-order valence-electron chi connectivity index (χ2n) is 17.5. The molecule has 0 aliphatic heterocycles. The van der Waals surface area contributed by atoms with Crippen LogP contribution in [0.1, 0.15) is 43.6 Å². The van der Waals surface area contributed by atoms with Gasteiger partial charge in [0.1, 0.15) is 0 Å². The second kappa shape index (κ2) is 16.2. The van der Waals surface area contributed by atoms with Gasteiger partial charge >= 0.3 is 0 Å².